The van der Waals surface area contributed by atoms with Gasteiger partial charge in [0.15, 0.2) is 5.76 Å². The Morgan fingerprint density at radius 1 is 1.47 bits per heavy atom. The molecule has 0 fully saturated rings. The topological polar surface area (TPSA) is 68.0 Å². The lowest BCUT2D eigenvalue weighted by atomic mass is 10.1. The summed E-state index contributed by atoms with van der Waals surface area (Å²) in [6.07, 6.45) is 0.892. The first-order valence-electron chi connectivity index (χ1n) is 6.16. The fourth-order valence-electron chi connectivity index (χ4n) is 1.70. The van der Waals surface area contributed by atoms with Crippen LogP contribution < -0.4 is 5.32 Å². The Bertz CT molecular complexity index is 567. The maximum Gasteiger partial charge on any atom is 0.275 e. The number of thiazole rings is 1. The summed E-state index contributed by atoms with van der Waals surface area (Å²) < 4.78 is 5.01. The molecule has 1 N–H and O–H groups in total. The van der Waals surface area contributed by atoms with Gasteiger partial charge in [0.25, 0.3) is 5.91 Å². The number of hydrogen-bond donors (Lipinski definition) is 1. The number of anilines is 1. The van der Waals surface area contributed by atoms with Gasteiger partial charge in [0.1, 0.15) is 17.1 Å². The first-order chi connectivity index (χ1) is 8.97. The Hall–Kier alpha value is -1.69. The van der Waals surface area contributed by atoms with Crippen molar-refractivity contribution >= 4 is 22.9 Å². The van der Waals surface area contributed by atoms with Crippen LogP contribution in [0, 0.1) is 19.8 Å². The standard InChI is InChI=1S/C13H17N3O2S/c1-7(2)5-11-14-10(6-19-11)13(17)15-12-8(3)16-18-9(12)4/h6-7H,5H2,1-4H3,(H,15,17). The molecule has 0 aliphatic rings. The van der Waals surface area contributed by atoms with Crippen molar-refractivity contribution in [2.75, 3.05) is 5.32 Å². The molecular formula is C13H17N3O2S. The van der Waals surface area contributed by atoms with Crippen molar-refractivity contribution < 1.29 is 9.32 Å². The van der Waals surface area contributed by atoms with E-state index >= 15 is 0 Å². The molecule has 2 aromatic heterocycles. The molecule has 0 spiro atoms. The molecule has 0 saturated carbocycles. The third kappa shape index (κ3) is 3.20. The average Bonchev–Trinajstić information content (AvgIpc) is 2.90. The van der Waals surface area contributed by atoms with Gasteiger partial charge in [-0.3, -0.25) is 4.79 Å². The van der Waals surface area contributed by atoms with Crippen molar-refractivity contribution in [1.82, 2.24) is 10.1 Å². The van der Waals surface area contributed by atoms with E-state index in [9.17, 15) is 4.79 Å². The molecule has 6 heteroatoms. The van der Waals surface area contributed by atoms with E-state index in [-0.39, 0.29) is 5.91 Å². The van der Waals surface area contributed by atoms with Crippen molar-refractivity contribution in [2.24, 2.45) is 5.92 Å². The van der Waals surface area contributed by atoms with Gasteiger partial charge in [-0.25, -0.2) is 4.98 Å². The third-order valence-corrected chi connectivity index (χ3v) is 3.51. The second-order valence-corrected chi connectivity index (χ2v) is 5.82. The normalized spacial score (nSPS) is 11.0. The van der Waals surface area contributed by atoms with E-state index in [1.165, 1.54) is 11.3 Å². The molecule has 2 heterocycles. The first kappa shape index (κ1) is 13.7. The maximum absolute atomic E-state index is 12.1. The van der Waals surface area contributed by atoms with E-state index in [1.54, 1.807) is 19.2 Å². The van der Waals surface area contributed by atoms with Crippen LogP contribution in [0.3, 0.4) is 0 Å². The van der Waals surface area contributed by atoms with Gasteiger partial charge in [0.05, 0.1) is 5.01 Å². The second kappa shape index (κ2) is 5.52. The molecule has 0 aliphatic carbocycles. The predicted octanol–water partition coefficient (Wildman–Crippen LogP) is 3.20. The summed E-state index contributed by atoms with van der Waals surface area (Å²) in [6, 6.07) is 0. The number of rotatable bonds is 4. The summed E-state index contributed by atoms with van der Waals surface area (Å²) in [5.41, 5.74) is 1.74. The zero-order valence-corrected chi connectivity index (χ0v) is 12.3. The van der Waals surface area contributed by atoms with Gasteiger partial charge in [0.2, 0.25) is 0 Å². The lowest BCUT2D eigenvalue weighted by Gasteiger charge is -2.01. The van der Waals surface area contributed by atoms with Gasteiger partial charge in [0, 0.05) is 11.8 Å². The van der Waals surface area contributed by atoms with E-state index < -0.39 is 0 Å². The van der Waals surface area contributed by atoms with E-state index in [2.05, 4.69) is 29.3 Å². The van der Waals surface area contributed by atoms with Crippen molar-refractivity contribution in [3.63, 3.8) is 0 Å². The molecule has 0 saturated heterocycles. The number of nitrogens with zero attached hydrogens (tertiary/aromatic N) is 2. The summed E-state index contributed by atoms with van der Waals surface area (Å²) in [5, 5.41) is 9.36. The summed E-state index contributed by atoms with van der Waals surface area (Å²) in [4.78, 5) is 16.4. The van der Waals surface area contributed by atoms with Gasteiger partial charge >= 0.3 is 0 Å². The van der Waals surface area contributed by atoms with Crippen LogP contribution >= 0.6 is 11.3 Å². The molecule has 0 bridgehead atoms. The molecule has 0 aromatic carbocycles. The Morgan fingerprint density at radius 3 is 2.79 bits per heavy atom. The second-order valence-electron chi connectivity index (χ2n) is 4.88. The zero-order chi connectivity index (χ0) is 14.0. The zero-order valence-electron chi connectivity index (χ0n) is 11.5. The maximum atomic E-state index is 12.1. The Morgan fingerprint density at radius 2 is 2.21 bits per heavy atom. The minimum Gasteiger partial charge on any atom is -0.359 e. The Labute approximate surface area is 116 Å². The quantitative estimate of drug-likeness (QED) is 0.933. The molecule has 19 heavy (non-hydrogen) atoms. The summed E-state index contributed by atoms with van der Waals surface area (Å²) in [7, 11) is 0. The molecule has 0 unspecified atom stereocenters. The van der Waals surface area contributed by atoms with Crippen LogP contribution in [0.5, 0.6) is 0 Å². The largest absolute Gasteiger partial charge is 0.359 e. The number of nitrogens with one attached hydrogen (secondary N) is 1. The lowest BCUT2D eigenvalue weighted by molar-refractivity contribution is 0.102. The van der Waals surface area contributed by atoms with Gasteiger partial charge in [-0.1, -0.05) is 19.0 Å². The highest BCUT2D eigenvalue weighted by atomic mass is 32.1. The monoisotopic (exact) mass is 279 g/mol. The van der Waals surface area contributed by atoms with E-state index in [0.717, 1.165) is 11.4 Å². The number of carbonyl (C=O) groups is 1. The fraction of sp³-hybridized carbons (Fsp3) is 0.462. The summed E-state index contributed by atoms with van der Waals surface area (Å²) in [5.74, 6) is 0.911. The SMILES string of the molecule is Cc1noc(C)c1NC(=O)c1csc(CC(C)C)n1. The Balaban J connectivity index is 2.10. The first-order valence-corrected chi connectivity index (χ1v) is 7.04. The molecular weight excluding hydrogens is 262 g/mol. The fourth-order valence-corrected chi connectivity index (χ4v) is 2.69. The van der Waals surface area contributed by atoms with Crippen LogP contribution in [0.1, 0.15) is 40.8 Å². The number of aryl methyl sites for hydroxylation is 2. The Kier molecular flexibility index (Phi) is 3.99. The highest BCUT2D eigenvalue weighted by Gasteiger charge is 2.16. The smallest absolute Gasteiger partial charge is 0.275 e. The molecule has 2 aromatic rings. The van der Waals surface area contributed by atoms with Crippen LogP contribution in [0.25, 0.3) is 0 Å². The van der Waals surface area contributed by atoms with Crippen LogP contribution in [0.4, 0.5) is 5.69 Å². The molecule has 0 atom stereocenters. The van der Waals surface area contributed by atoms with Crippen LogP contribution in [0.15, 0.2) is 9.90 Å². The highest BCUT2D eigenvalue weighted by molar-refractivity contribution is 7.09. The predicted molar refractivity (Wildman–Crippen MR) is 74.6 cm³/mol. The minimum atomic E-state index is -0.222. The van der Waals surface area contributed by atoms with E-state index in [4.69, 9.17) is 4.52 Å². The van der Waals surface area contributed by atoms with E-state index in [0.29, 0.717) is 28.8 Å². The average molecular weight is 279 g/mol. The van der Waals surface area contributed by atoms with E-state index in [1.807, 2.05) is 0 Å². The van der Waals surface area contributed by atoms with Gasteiger partial charge in [-0.05, 0) is 19.8 Å². The van der Waals surface area contributed by atoms with Gasteiger partial charge in [-0.15, -0.1) is 11.3 Å². The number of hydrogen-bond acceptors (Lipinski definition) is 5. The highest BCUT2D eigenvalue weighted by Crippen LogP contribution is 2.20. The molecule has 5 nitrogen and oxygen atoms in total. The van der Waals surface area contributed by atoms with Gasteiger partial charge < -0.3 is 9.84 Å². The van der Waals surface area contributed by atoms with Crippen molar-refractivity contribution in [1.29, 1.82) is 0 Å². The summed E-state index contributed by atoms with van der Waals surface area (Å²) >= 11 is 1.52. The molecule has 0 aliphatic heterocycles. The summed E-state index contributed by atoms with van der Waals surface area (Å²) in [6.45, 7) is 7.81. The number of aromatic nitrogens is 2. The number of amides is 1. The third-order valence-electron chi connectivity index (χ3n) is 2.64. The minimum absolute atomic E-state index is 0.222. The van der Waals surface area contributed by atoms with Crippen molar-refractivity contribution in [3.05, 3.63) is 27.5 Å². The van der Waals surface area contributed by atoms with Crippen molar-refractivity contribution in [2.45, 2.75) is 34.1 Å². The molecule has 1 amide bonds. The van der Waals surface area contributed by atoms with Crippen LogP contribution in [-0.4, -0.2) is 16.0 Å². The lowest BCUT2D eigenvalue weighted by Crippen LogP contribution is -2.13. The molecule has 0 radical (unpaired) electrons. The molecule has 2 rings (SSSR count). The molecule has 102 valence electrons. The van der Waals surface area contributed by atoms with Crippen LogP contribution in [-0.2, 0) is 6.42 Å². The van der Waals surface area contributed by atoms with Crippen LogP contribution in [0.2, 0.25) is 0 Å². The number of carbonyl (C=O) groups excluding carboxylic acids is 1. The van der Waals surface area contributed by atoms with Gasteiger partial charge in [-0.2, -0.15) is 0 Å². The van der Waals surface area contributed by atoms with Crippen molar-refractivity contribution in [3.8, 4) is 0 Å².